The Kier molecular flexibility index (Phi) is 7.09. The molecule has 4 heterocycles. The number of hydrogen-bond acceptors (Lipinski definition) is 8. The Labute approximate surface area is 222 Å². The molecule has 5 rings (SSSR count). The molecule has 2 amide bonds. The van der Waals surface area contributed by atoms with Crippen molar-refractivity contribution in [1.82, 2.24) is 30.2 Å². The molecule has 0 aromatic carbocycles. The third-order valence-electron chi connectivity index (χ3n) is 7.75. The number of nitrogens with zero attached hydrogens (tertiary/aromatic N) is 7. The van der Waals surface area contributed by atoms with E-state index in [0.29, 0.717) is 11.5 Å². The normalized spacial score (nSPS) is 23.2. The first kappa shape index (κ1) is 26.1. The molecule has 2 aromatic rings. The number of likely N-dealkylation sites (tertiary alicyclic amines) is 1. The Morgan fingerprint density at radius 1 is 1.18 bits per heavy atom. The Morgan fingerprint density at radius 3 is 2.53 bits per heavy atom. The summed E-state index contributed by atoms with van der Waals surface area (Å²) in [7, 11) is 0. The zero-order valence-corrected chi connectivity index (χ0v) is 22.2. The lowest BCUT2D eigenvalue weighted by atomic mass is 9.85. The van der Waals surface area contributed by atoms with Crippen LogP contribution in [0.5, 0.6) is 0 Å². The first-order valence-electron chi connectivity index (χ1n) is 13.5. The molecular weight excluding hydrogens is 484 g/mol. The fourth-order valence-corrected chi connectivity index (χ4v) is 5.52. The van der Waals surface area contributed by atoms with E-state index in [2.05, 4.69) is 31.6 Å². The van der Waals surface area contributed by atoms with Crippen LogP contribution in [0.25, 0.3) is 0 Å². The lowest BCUT2D eigenvalue weighted by molar-refractivity contribution is -0.144. The van der Waals surface area contributed by atoms with Crippen molar-refractivity contribution in [3.05, 3.63) is 35.8 Å². The topological polar surface area (TPSA) is 140 Å². The summed E-state index contributed by atoms with van der Waals surface area (Å²) in [5.41, 5.74) is 0.965. The highest BCUT2D eigenvalue weighted by atomic mass is 16.3. The van der Waals surface area contributed by atoms with E-state index in [0.717, 1.165) is 50.3 Å². The largest absolute Gasteiger partial charge is 0.391 e. The van der Waals surface area contributed by atoms with Crippen molar-refractivity contribution in [3.63, 3.8) is 0 Å². The highest BCUT2D eigenvalue weighted by Crippen LogP contribution is 2.40. The summed E-state index contributed by atoms with van der Waals surface area (Å²) in [4.78, 5) is 35.3. The Hall–Kier alpha value is -3.52. The molecule has 0 spiro atoms. The number of pyridine rings is 1. The number of β-amino-alcohol motifs (C(OH)–C–C–N with tert-alkyl or cyclic N) is 1. The van der Waals surface area contributed by atoms with Gasteiger partial charge in [0.05, 0.1) is 17.4 Å². The molecule has 2 N–H and O–H groups in total. The Bertz CT molecular complexity index is 1200. The number of aliphatic hydroxyl groups is 1. The summed E-state index contributed by atoms with van der Waals surface area (Å²) in [5.74, 6) is 0.791. The van der Waals surface area contributed by atoms with Crippen molar-refractivity contribution < 1.29 is 14.7 Å². The molecule has 1 saturated carbocycles. The van der Waals surface area contributed by atoms with Crippen LogP contribution in [0.4, 0.5) is 5.82 Å². The maximum atomic E-state index is 13.9. The number of carbonyl (C=O) groups excluding carboxylic acids is 2. The molecule has 38 heavy (non-hydrogen) atoms. The molecule has 11 nitrogen and oxygen atoms in total. The van der Waals surface area contributed by atoms with E-state index in [-0.39, 0.29) is 30.8 Å². The van der Waals surface area contributed by atoms with Crippen LogP contribution >= 0.6 is 0 Å². The van der Waals surface area contributed by atoms with Gasteiger partial charge in [-0.15, -0.1) is 5.10 Å². The second kappa shape index (κ2) is 10.3. The minimum absolute atomic E-state index is 0.0262. The van der Waals surface area contributed by atoms with Gasteiger partial charge in [0, 0.05) is 50.4 Å². The SMILES string of the molecule is CC(C)(C)[C@@H](C(=O)N1C[C@H](O)C[C@H]1C(=O)NC1CCN(c2ccc(C#N)cn2)CC1)n1cc(C2CC2)nn1. The molecule has 2 aromatic heterocycles. The van der Waals surface area contributed by atoms with Crippen LogP contribution in [0, 0.1) is 16.7 Å². The fourth-order valence-electron chi connectivity index (χ4n) is 5.52. The van der Waals surface area contributed by atoms with Crippen molar-refractivity contribution in [2.75, 3.05) is 24.5 Å². The highest BCUT2D eigenvalue weighted by Gasteiger charge is 2.45. The number of aromatic nitrogens is 4. The predicted molar refractivity (Wildman–Crippen MR) is 139 cm³/mol. The van der Waals surface area contributed by atoms with Crippen LogP contribution < -0.4 is 10.2 Å². The lowest BCUT2D eigenvalue weighted by Crippen LogP contribution is -2.53. The number of hydrogen-bond donors (Lipinski definition) is 2. The van der Waals surface area contributed by atoms with E-state index in [1.54, 1.807) is 16.9 Å². The van der Waals surface area contributed by atoms with E-state index in [4.69, 9.17) is 5.26 Å². The number of nitrogens with one attached hydrogen (secondary N) is 1. The van der Waals surface area contributed by atoms with Crippen LogP contribution in [0.2, 0.25) is 0 Å². The van der Waals surface area contributed by atoms with Gasteiger partial charge in [0.25, 0.3) is 0 Å². The number of carbonyl (C=O) groups is 2. The second-order valence-electron chi connectivity index (χ2n) is 11.8. The highest BCUT2D eigenvalue weighted by molar-refractivity contribution is 5.90. The molecule has 202 valence electrons. The predicted octanol–water partition coefficient (Wildman–Crippen LogP) is 1.76. The maximum Gasteiger partial charge on any atom is 0.248 e. The standard InChI is InChI=1S/C27H36N8O3/c1-27(2,3)24(35-16-21(31-32-35)18-5-6-18)26(38)34-15-20(36)12-22(34)25(37)30-19-8-10-33(11-9-19)23-7-4-17(13-28)14-29-23/h4,7,14,16,18-20,22,24,36H,5-6,8-12,15H2,1-3H3,(H,30,37)/t20-,22+,24-/m1/s1. The van der Waals surface area contributed by atoms with Crippen molar-refractivity contribution in [2.45, 2.75) is 83.0 Å². The molecule has 3 fully saturated rings. The fraction of sp³-hybridized carbons (Fsp3) is 0.630. The van der Waals surface area contributed by atoms with Crippen molar-refractivity contribution >= 4 is 17.6 Å². The monoisotopic (exact) mass is 520 g/mol. The van der Waals surface area contributed by atoms with E-state index in [9.17, 15) is 14.7 Å². The smallest absolute Gasteiger partial charge is 0.248 e. The van der Waals surface area contributed by atoms with Crippen LogP contribution in [0.1, 0.15) is 76.1 Å². The minimum atomic E-state index is -0.752. The van der Waals surface area contributed by atoms with E-state index in [1.165, 1.54) is 4.90 Å². The van der Waals surface area contributed by atoms with Crippen molar-refractivity contribution in [2.24, 2.45) is 5.41 Å². The number of rotatable bonds is 6. The summed E-state index contributed by atoms with van der Waals surface area (Å²) in [6.45, 7) is 7.50. The van der Waals surface area contributed by atoms with Gasteiger partial charge in [0.15, 0.2) is 0 Å². The number of piperidine rings is 1. The molecule has 0 bridgehead atoms. The number of anilines is 1. The number of nitriles is 1. The minimum Gasteiger partial charge on any atom is -0.391 e. The van der Waals surface area contributed by atoms with Gasteiger partial charge in [0.2, 0.25) is 11.8 Å². The quantitative estimate of drug-likeness (QED) is 0.587. The number of amides is 2. The molecule has 2 saturated heterocycles. The van der Waals surface area contributed by atoms with Gasteiger partial charge < -0.3 is 20.2 Å². The van der Waals surface area contributed by atoms with Crippen LogP contribution in [0.15, 0.2) is 24.5 Å². The zero-order valence-electron chi connectivity index (χ0n) is 22.2. The molecule has 0 unspecified atom stereocenters. The lowest BCUT2D eigenvalue weighted by Gasteiger charge is -2.36. The molecule has 1 aliphatic carbocycles. The molecule has 11 heteroatoms. The second-order valence-corrected chi connectivity index (χ2v) is 11.8. The average molecular weight is 521 g/mol. The average Bonchev–Trinajstić information content (AvgIpc) is 3.50. The molecule has 2 aliphatic heterocycles. The summed E-state index contributed by atoms with van der Waals surface area (Å²) in [5, 5.41) is 31.2. The van der Waals surface area contributed by atoms with Crippen LogP contribution in [0.3, 0.4) is 0 Å². The first-order valence-corrected chi connectivity index (χ1v) is 13.5. The Morgan fingerprint density at radius 2 is 1.92 bits per heavy atom. The van der Waals surface area contributed by atoms with Gasteiger partial charge in [-0.25, -0.2) is 9.67 Å². The van der Waals surface area contributed by atoms with Gasteiger partial charge in [-0.05, 0) is 43.2 Å². The third-order valence-corrected chi connectivity index (χ3v) is 7.75. The Balaban J connectivity index is 1.23. The van der Waals surface area contributed by atoms with E-state index in [1.807, 2.05) is 33.0 Å². The summed E-state index contributed by atoms with van der Waals surface area (Å²) in [6, 6.07) is 4.28. The van der Waals surface area contributed by atoms with E-state index >= 15 is 0 Å². The molecule has 0 radical (unpaired) electrons. The summed E-state index contributed by atoms with van der Waals surface area (Å²) < 4.78 is 1.64. The van der Waals surface area contributed by atoms with Crippen molar-refractivity contribution in [3.8, 4) is 6.07 Å². The summed E-state index contributed by atoms with van der Waals surface area (Å²) >= 11 is 0. The third kappa shape index (κ3) is 5.50. The van der Waals surface area contributed by atoms with Gasteiger partial charge >= 0.3 is 0 Å². The first-order chi connectivity index (χ1) is 18.1. The van der Waals surface area contributed by atoms with Crippen LogP contribution in [-0.2, 0) is 9.59 Å². The van der Waals surface area contributed by atoms with Crippen molar-refractivity contribution in [1.29, 1.82) is 5.26 Å². The zero-order chi connectivity index (χ0) is 27.0. The molecular formula is C27H36N8O3. The summed E-state index contributed by atoms with van der Waals surface area (Å²) in [6.07, 6.45) is 6.56. The maximum absolute atomic E-state index is 13.9. The van der Waals surface area contributed by atoms with Crippen LogP contribution in [-0.4, -0.2) is 79.6 Å². The van der Waals surface area contributed by atoms with Gasteiger partial charge in [0.1, 0.15) is 24.0 Å². The van der Waals surface area contributed by atoms with Gasteiger partial charge in [-0.3, -0.25) is 9.59 Å². The van der Waals surface area contributed by atoms with Gasteiger partial charge in [-0.1, -0.05) is 26.0 Å². The van der Waals surface area contributed by atoms with E-state index < -0.39 is 23.6 Å². The molecule has 3 atom stereocenters. The van der Waals surface area contributed by atoms with Gasteiger partial charge in [-0.2, -0.15) is 5.26 Å². The number of aliphatic hydroxyl groups excluding tert-OH is 1. The molecule has 3 aliphatic rings.